The molecule has 0 atom stereocenters. The first kappa shape index (κ1) is 22.4. The van der Waals surface area contributed by atoms with Crippen LogP contribution in [0.5, 0.6) is 0 Å². The van der Waals surface area contributed by atoms with Crippen LogP contribution in [0.4, 0.5) is 0 Å². The zero-order chi connectivity index (χ0) is 23.4. The Bertz CT molecular complexity index is 1380. The average Bonchev–Trinajstić information content (AvgIpc) is 3.27. The van der Waals surface area contributed by atoms with Crippen LogP contribution in [0.3, 0.4) is 0 Å². The molecule has 33 heavy (non-hydrogen) atoms. The van der Waals surface area contributed by atoms with Gasteiger partial charge >= 0.3 is 0 Å². The van der Waals surface area contributed by atoms with Crippen LogP contribution in [0.25, 0.3) is 11.5 Å². The van der Waals surface area contributed by atoms with Gasteiger partial charge in [-0.25, -0.2) is 13.4 Å². The largest absolute Gasteiger partial charge is 0.444 e. The quantitative estimate of drug-likeness (QED) is 0.441. The standard InChI is InChI=1S/C25H23N3O4S/c1-17-6-11-23(13-18(17)2)33(30,31)16-22-15-32-25(28-22)20-9-7-19(8-10-20)24(29)27-14-21-5-3-4-12-26-21/h3-13,15H,14,16H2,1-2H3,(H,27,29). The zero-order valence-electron chi connectivity index (χ0n) is 18.3. The van der Waals surface area contributed by atoms with Crippen LogP contribution in [0.2, 0.25) is 0 Å². The first-order chi connectivity index (χ1) is 15.8. The zero-order valence-corrected chi connectivity index (χ0v) is 19.1. The van der Waals surface area contributed by atoms with Crippen molar-refractivity contribution in [1.29, 1.82) is 0 Å². The van der Waals surface area contributed by atoms with Crippen LogP contribution >= 0.6 is 0 Å². The van der Waals surface area contributed by atoms with Gasteiger partial charge in [0.2, 0.25) is 5.89 Å². The average molecular weight is 462 g/mol. The van der Waals surface area contributed by atoms with Crippen LogP contribution in [0.15, 0.2) is 82.4 Å². The molecule has 168 valence electrons. The highest BCUT2D eigenvalue weighted by Gasteiger charge is 2.19. The third-order valence-corrected chi connectivity index (χ3v) is 6.93. The van der Waals surface area contributed by atoms with Gasteiger partial charge in [-0.3, -0.25) is 9.78 Å². The Labute approximate surface area is 192 Å². The molecule has 7 nitrogen and oxygen atoms in total. The molecule has 0 radical (unpaired) electrons. The van der Waals surface area contributed by atoms with Gasteiger partial charge in [-0.1, -0.05) is 12.1 Å². The Morgan fingerprint density at radius 2 is 1.76 bits per heavy atom. The van der Waals surface area contributed by atoms with Gasteiger partial charge in [-0.05, 0) is 73.5 Å². The summed E-state index contributed by atoms with van der Waals surface area (Å²) in [5.41, 5.74) is 4.17. The summed E-state index contributed by atoms with van der Waals surface area (Å²) in [5.74, 6) is -0.187. The number of sulfone groups is 1. The molecule has 1 amide bonds. The van der Waals surface area contributed by atoms with E-state index < -0.39 is 9.84 Å². The Morgan fingerprint density at radius 1 is 0.970 bits per heavy atom. The van der Waals surface area contributed by atoms with Crippen molar-refractivity contribution in [2.45, 2.75) is 31.0 Å². The number of carbonyl (C=O) groups is 1. The lowest BCUT2D eigenvalue weighted by molar-refractivity contribution is 0.0950. The molecule has 0 fully saturated rings. The van der Waals surface area contributed by atoms with Gasteiger partial charge in [0.05, 0.1) is 22.8 Å². The van der Waals surface area contributed by atoms with Crippen molar-refractivity contribution < 1.29 is 17.6 Å². The Hall–Kier alpha value is -3.78. The first-order valence-electron chi connectivity index (χ1n) is 10.3. The van der Waals surface area contributed by atoms with E-state index in [4.69, 9.17) is 4.42 Å². The molecular weight excluding hydrogens is 438 g/mol. The summed E-state index contributed by atoms with van der Waals surface area (Å²) in [6.07, 6.45) is 3.02. The number of oxazole rings is 1. The van der Waals surface area contributed by atoms with Crippen molar-refractivity contribution in [3.05, 3.63) is 101 Å². The summed E-state index contributed by atoms with van der Waals surface area (Å²) >= 11 is 0. The van der Waals surface area contributed by atoms with E-state index in [1.807, 2.05) is 32.0 Å². The van der Waals surface area contributed by atoms with Crippen LogP contribution in [0, 0.1) is 13.8 Å². The molecule has 0 aliphatic carbocycles. The van der Waals surface area contributed by atoms with Crippen molar-refractivity contribution in [3.63, 3.8) is 0 Å². The normalized spacial score (nSPS) is 11.3. The number of carbonyl (C=O) groups excluding carboxylic acids is 1. The second-order valence-corrected chi connectivity index (χ2v) is 9.72. The SMILES string of the molecule is Cc1ccc(S(=O)(=O)Cc2coc(-c3ccc(C(=O)NCc4ccccn4)cc3)n2)cc1C. The van der Waals surface area contributed by atoms with Gasteiger partial charge in [-0.15, -0.1) is 0 Å². The number of amides is 1. The van der Waals surface area contributed by atoms with E-state index >= 15 is 0 Å². The molecule has 4 aromatic rings. The highest BCUT2D eigenvalue weighted by Crippen LogP contribution is 2.23. The molecule has 8 heteroatoms. The smallest absolute Gasteiger partial charge is 0.251 e. The fraction of sp³-hybridized carbons (Fsp3) is 0.160. The minimum Gasteiger partial charge on any atom is -0.444 e. The number of nitrogens with one attached hydrogen (secondary N) is 1. The number of hydrogen-bond acceptors (Lipinski definition) is 6. The molecule has 2 aromatic carbocycles. The predicted octanol–water partition coefficient (Wildman–Crippen LogP) is 4.26. The van der Waals surface area contributed by atoms with E-state index in [9.17, 15) is 13.2 Å². The molecule has 0 saturated carbocycles. The molecular formula is C25H23N3O4S. The first-order valence-corrected chi connectivity index (χ1v) is 12.0. The third kappa shape index (κ3) is 5.35. The summed E-state index contributed by atoms with van der Waals surface area (Å²) in [6, 6.07) is 17.3. The Kier molecular flexibility index (Phi) is 6.37. The number of pyridine rings is 1. The van der Waals surface area contributed by atoms with Crippen LogP contribution < -0.4 is 5.32 Å². The van der Waals surface area contributed by atoms with Gasteiger partial charge in [-0.2, -0.15) is 0 Å². The highest BCUT2D eigenvalue weighted by molar-refractivity contribution is 7.90. The van der Waals surface area contributed by atoms with Crippen molar-refractivity contribution in [1.82, 2.24) is 15.3 Å². The molecule has 0 unspecified atom stereocenters. The van der Waals surface area contributed by atoms with E-state index in [-0.39, 0.29) is 16.6 Å². The minimum atomic E-state index is -3.55. The monoisotopic (exact) mass is 461 g/mol. The van der Waals surface area contributed by atoms with E-state index in [2.05, 4.69) is 15.3 Å². The number of rotatable bonds is 7. The fourth-order valence-electron chi connectivity index (χ4n) is 3.23. The van der Waals surface area contributed by atoms with Gasteiger partial charge in [0.1, 0.15) is 12.0 Å². The molecule has 1 N–H and O–H groups in total. The van der Waals surface area contributed by atoms with Crippen molar-refractivity contribution in [2.75, 3.05) is 0 Å². The highest BCUT2D eigenvalue weighted by atomic mass is 32.2. The molecule has 0 aliphatic rings. The summed E-state index contributed by atoms with van der Waals surface area (Å²) in [5, 5.41) is 2.82. The second kappa shape index (κ2) is 9.38. The van der Waals surface area contributed by atoms with Crippen molar-refractivity contribution >= 4 is 15.7 Å². The van der Waals surface area contributed by atoms with Crippen molar-refractivity contribution in [3.8, 4) is 11.5 Å². The van der Waals surface area contributed by atoms with Crippen LogP contribution in [0.1, 0.15) is 32.9 Å². The summed E-state index contributed by atoms with van der Waals surface area (Å²) in [4.78, 5) is 21.1. The third-order valence-electron chi connectivity index (χ3n) is 5.28. The van der Waals surface area contributed by atoms with E-state index in [1.54, 1.807) is 48.7 Å². The number of hydrogen-bond donors (Lipinski definition) is 1. The van der Waals surface area contributed by atoms with Gasteiger partial charge in [0, 0.05) is 17.3 Å². The lowest BCUT2D eigenvalue weighted by atomic mass is 10.1. The lowest BCUT2D eigenvalue weighted by Crippen LogP contribution is -2.23. The summed E-state index contributed by atoms with van der Waals surface area (Å²) < 4.78 is 31.0. The number of nitrogens with zero attached hydrogens (tertiary/aromatic N) is 2. The lowest BCUT2D eigenvalue weighted by Gasteiger charge is -2.06. The molecule has 4 rings (SSSR count). The van der Waals surface area contributed by atoms with E-state index in [0.29, 0.717) is 29.3 Å². The Balaban J connectivity index is 1.42. The maximum atomic E-state index is 12.8. The predicted molar refractivity (Wildman–Crippen MR) is 124 cm³/mol. The molecule has 0 aliphatic heterocycles. The fourth-order valence-corrected chi connectivity index (χ4v) is 4.55. The topological polar surface area (TPSA) is 102 Å². The van der Waals surface area contributed by atoms with E-state index in [0.717, 1.165) is 16.8 Å². The number of aromatic nitrogens is 2. The molecule has 2 aromatic heterocycles. The van der Waals surface area contributed by atoms with Gasteiger partial charge in [0.15, 0.2) is 9.84 Å². The second-order valence-electron chi connectivity index (χ2n) is 7.73. The summed E-state index contributed by atoms with van der Waals surface area (Å²) in [6.45, 7) is 4.15. The van der Waals surface area contributed by atoms with E-state index in [1.165, 1.54) is 6.26 Å². The van der Waals surface area contributed by atoms with Gasteiger partial charge < -0.3 is 9.73 Å². The minimum absolute atomic E-state index is 0.222. The maximum absolute atomic E-state index is 12.8. The molecule has 0 saturated heterocycles. The van der Waals surface area contributed by atoms with Gasteiger partial charge in [0.25, 0.3) is 5.91 Å². The Morgan fingerprint density at radius 3 is 2.45 bits per heavy atom. The van der Waals surface area contributed by atoms with Crippen LogP contribution in [-0.2, 0) is 22.1 Å². The maximum Gasteiger partial charge on any atom is 0.251 e. The molecule has 2 heterocycles. The van der Waals surface area contributed by atoms with Crippen LogP contribution in [-0.4, -0.2) is 24.3 Å². The molecule has 0 bridgehead atoms. The number of aryl methyl sites for hydroxylation is 2. The molecule has 0 spiro atoms. The summed E-state index contributed by atoms with van der Waals surface area (Å²) in [7, 11) is -3.55. The number of benzene rings is 2. The van der Waals surface area contributed by atoms with Crippen molar-refractivity contribution in [2.24, 2.45) is 0 Å².